The molecule has 5 heterocycles. The van der Waals surface area contributed by atoms with Crippen LogP contribution in [-0.2, 0) is 7.05 Å². The zero-order valence-corrected chi connectivity index (χ0v) is 16.5. The number of rotatable bonds is 3. The molecule has 4 aromatic rings. The van der Waals surface area contributed by atoms with Crippen LogP contribution in [0.4, 0.5) is 8.78 Å². The third-order valence-electron chi connectivity index (χ3n) is 5.14. The van der Waals surface area contributed by atoms with Gasteiger partial charge in [-0.2, -0.15) is 4.68 Å². The van der Waals surface area contributed by atoms with Gasteiger partial charge in [-0.1, -0.05) is 5.21 Å². The van der Waals surface area contributed by atoms with Crippen LogP contribution < -0.4 is 0 Å². The minimum Gasteiger partial charge on any atom is -0.338 e. The molecule has 0 atom stereocenters. The highest BCUT2D eigenvalue weighted by molar-refractivity contribution is 5.96. The van der Waals surface area contributed by atoms with Crippen LogP contribution in [0.5, 0.6) is 0 Å². The Morgan fingerprint density at radius 3 is 2.58 bits per heavy atom. The number of piperidine rings is 1. The standard InChI is InChI=1S/C19H17F2N9O/c1-28-11-24-16(26-28)14-3-2-13(10-22-14)30-17-15(25-27-30)8-12(9-23-17)18(31)29-6-4-19(20,21)5-7-29/h2-3,8-11H,4-7H2,1H3. The van der Waals surface area contributed by atoms with Crippen molar-refractivity contribution in [2.45, 2.75) is 18.8 Å². The molecule has 10 nitrogen and oxygen atoms in total. The van der Waals surface area contributed by atoms with E-state index in [-0.39, 0.29) is 31.8 Å². The van der Waals surface area contributed by atoms with E-state index in [0.29, 0.717) is 33.9 Å². The number of pyridine rings is 2. The highest BCUT2D eigenvalue weighted by atomic mass is 19.3. The molecule has 0 aliphatic carbocycles. The van der Waals surface area contributed by atoms with Crippen molar-refractivity contribution in [3.63, 3.8) is 0 Å². The third-order valence-corrected chi connectivity index (χ3v) is 5.14. The number of hydrogen-bond donors (Lipinski definition) is 0. The lowest BCUT2D eigenvalue weighted by Crippen LogP contribution is -2.42. The lowest BCUT2D eigenvalue weighted by atomic mass is 10.1. The second-order valence-electron chi connectivity index (χ2n) is 7.36. The molecule has 5 rings (SSSR count). The van der Waals surface area contributed by atoms with Gasteiger partial charge >= 0.3 is 0 Å². The Bertz CT molecular complexity index is 1260. The molecule has 0 saturated carbocycles. The molecule has 12 heteroatoms. The van der Waals surface area contributed by atoms with Crippen LogP contribution in [0.25, 0.3) is 28.4 Å². The third kappa shape index (κ3) is 3.60. The van der Waals surface area contributed by atoms with E-state index < -0.39 is 5.92 Å². The summed E-state index contributed by atoms with van der Waals surface area (Å²) < 4.78 is 29.8. The lowest BCUT2D eigenvalue weighted by molar-refractivity contribution is -0.0494. The van der Waals surface area contributed by atoms with E-state index in [1.54, 1.807) is 42.5 Å². The van der Waals surface area contributed by atoms with Crippen LogP contribution in [0.2, 0.25) is 0 Å². The van der Waals surface area contributed by atoms with Crippen molar-refractivity contribution in [1.82, 2.24) is 44.6 Å². The maximum Gasteiger partial charge on any atom is 0.255 e. The van der Waals surface area contributed by atoms with Crippen LogP contribution in [0.15, 0.2) is 36.9 Å². The van der Waals surface area contributed by atoms with Crippen LogP contribution in [0, 0.1) is 0 Å². The fourth-order valence-electron chi connectivity index (χ4n) is 3.43. The molecule has 0 unspecified atom stereocenters. The van der Waals surface area contributed by atoms with Gasteiger partial charge in [-0.3, -0.25) is 14.5 Å². The number of halogens is 2. The Balaban J connectivity index is 1.39. The van der Waals surface area contributed by atoms with Crippen molar-refractivity contribution in [2.24, 2.45) is 7.05 Å². The molecule has 4 aromatic heterocycles. The Labute approximate surface area is 174 Å². The second-order valence-corrected chi connectivity index (χ2v) is 7.36. The number of aromatic nitrogens is 8. The van der Waals surface area contributed by atoms with E-state index in [4.69, 9.17) is 0 Å². The fourth-order valence-corrected chi connectivity index (χ4v) is 3.43. The van der Waals surface area contributed by atoms with Crippen LogP contribution >= 0.6 is 0 Å². The molecular weight excluding hydrogens is 408 g/mol. The van der Waals surface area contributed by atoms with Gasteiger partial charge in [0.2, 0.25) is 0 Å². The number of likely N-dealkylation sites (tertiary alicyclic amines) is 1. The first kappa shape index (κ1) is 19.2. The normalized spacial score (nSPS) is 16.0. The van der Waals surface area contributed by atoms with Crippen molar-refractivity contribution in [1.29, 1.82) is 0 Å². The van der Waals surface area contributed by atoms with Gasteiger partial charge in [-0.25, -0.2) is 18.7 Å². The first-order valence-corrected chi connectivity index (χ1v) is 9.61. The molecule has 0 spiro atoms. The highest BCUT2D eigenvalue weighted by Gasteiger charge is 2.35. The number of carbonyl (C=O) groups excluding carboxylic acids is 1. The Hall–Kier alpha value is -3.83. The van der Waals surface area contributed by atoms with Crippen molar-refractivity contribution in [3.8, 4) is 17.2 Å². The predicted molar refractivity (Wildman–Crippen MR) is 105 cm³/mol. The summed E-state index contributed by atoms with van der Waals surface area (Å²) in [4.78, 5) is 26.9. The van der Waals surface area contributed by atoms with Gasteiger partial charge in [0.25, 0.3) is 11.8 Å². The number of aryl methyl sites for hydroxylation is 1. The van der Waals surface area contributed by atoms with Crippen molar-refractivity contribution in [2.75, 3.05) is 13.1 Å². The van der Waals surface area contributed by atoms with Crippen LogP contribution in [-0.4, -0.2) is 69.5 Å². The Morgan fingerprint density at radius 2 is 1.90 bits per heavy atom. The summed E-state index contributed by atoms with van der Waals surface area (Å²) >= 11 is 0. The largest absolute Gasteiger partial charge is 0.338 e. The number of alkyl halides is 2. The van der Waals surface area contributed by atoms with Gasteiger partial charge in [-0.05, 0) is 18.2 Å². The van der Waals surface area contributed by atoms with E-state index in [1.807, 2.05) is 0 Å². The molecule has 1 aliphatic rings. The summed E-state index contributed by atoms with van der Waals surface area (Å²) in [5.41, 5.74) is 2.41. The average molecular weight is 425 g/mol. The average Bonchev–Trinajstić information content (AvgIpc) is 3.39. The zero-order chi connectivity index (χ0) is 21.6. The summed E-state index contributed by atoms with van der Waals surface area (Å²) in [7, 11) is 1.78. The maximum absolute atomic E-state index is 13.4. The monoisotopic (exact) mass is 425 g/mol. The minimum atomic E-state index is -2.71. The Morgan fingerprint density at radius 1 is 1.10 bits per heavy atom. The maximum atomic E-state index is 13.4. The summed E-state index contributed by atoms with van der Waals surface area (Å²) in [5.74, 6) is -2.54. The van der Waals surface area contributed by atoms with Crippen LogP contribution in [0.3, 0.4) is 0 Å². The van der Waals surface area contributed by atoms with Gasteiger partial charge in [0.05, 0.1) is 17.4 Å². The van der Waals surface area contributed by atoms with Gasteiger partial charge in [-0.15, -0.1) is 10.2 Å². The van der Waals surface area contributed by atoms with E-state index in [0.717, 1.165) is 0 Å². The van der Waals surface area contributed by atoms with E-state index in [1.165, 1.54) is 15.8 Å². The molecule has 158 valence electrons. The lowest BCUT2D eigenvalue weighted by Gasteiger charge is -2.31. The molecule has 0 N–H and O–H groups in total. The molecule has 1 fully saturated rings. The first-order chi connectivity index (χ1) is 14.9. The van der Waals surface area contributed by atoms with Gasteiger partial charge in [0.15, 0.2) is 11.5 Å². The molecular formula is C19H17F2N9O. The summed E-state index contributed by atoms with van der Waals surface area (Å²) in [6.07, 6.45) is 3.95. The number of fused-ring (bicyclic) bond motifs is 1. The molecule has 0 bridgehead atoms. The number of carbonyl (C=O) groups is 1. The van der Waals surface area contributed by atoms with Gasteiger partial charge < -0.3 is 4.90 Å². The molecule has 0 aromatic carbocycles. The molecule has 1 saturated heterocycles. The topological polar surface area (TPSA) is 108 Å². The summed E-state index contributed by atoms with van der Waals surface area (Å²) in [6.45, 7) is 0.0272. The number of hydrogen-bond acceptors (Lipinski definition) is 7. The molecule has 1 amide bonds. The van der Waals surface area contributed by atoms with E-state index in [9.17, 15) is 13.6 Å². The number of amides is 1. The Kier molecular flexibility index (Phi) is 4.41. The minimum absolute atomic E-state index is 0.0136. The SMILES string of the molecule is Cn1cnc(-c2ccc(-n3nnc4cc(C(=O)N5CCC(F)(F)CC5)cnc43)cn2)n1. The molecule has 31 heavy (non-hydrogen) atoms. The van der Waals surface area contributed by atoms with Gasteiger partial charge in [0.1, 0.15) is 17.5 Å². The quantitative estimate of drug-likeness (QED) is 0.493. The fraction of sp³-hybridized carbons (Fsp3) is 0.316. The molecule has 1 aliphatic heterocycles. The first-order valence-electron chi connectivity index (χ1n) is 9.61. The van der Waals surface area contributed by atoms with Crippen molar-refractivity contribution in [3.05, 3.63) is 42.5 Å². The number of nitrogens with zero attached hydrogens (tertiary/aromatic N) is 9. The highest BCUT2D eigenvalue weighted by Crippen LogP contribution is 2.28. The zero-order valence-electron chi connectivity index (χ0n) is 16.5. The summed E-state index contributed by atoms with van der Waals surface area (Å²) in [5, 5.41) is 12.4. The van der Waals surface area contributed by atoms with Crippen LogP contribution in [0.1, 0.15) is 23.2 Å². The van der Waals surface area contributed by atoms with Crippen molar-refractivity contribution >= 4 is 17.1 Å². The predicted octanol–water partition coefficient (Wildman–Crippen LogP) is 1.88. The van der Waals surface area contributed by atoms with E-state index >= 15 is 0 Å². The van der Waals surface area contributed by atoms with Gasteiger partial charge in [0, 0.05) is 39.2 Å². The van der Waals surface area contributed by atoms with Crippen molar-refractivity contribution < 1.29 is 13.6 Å². The summed E-state index contributed by atoms with van der Waals surface area (Å²) in [6, 6.07) is 5.13. The molecule has 0 radical (unpaired) electrons. The van der Waals surface area contributed by atoms with E-state index in [2.05, 4.69) is 30.4 Å². The smallest absolute Gasteiger partial charge is 0.255 e. The second kappa shape index (κ2) is 7.15.